The van der Waals surface area contributed by atoms with E-state index in [1.54, 1.807) is 28.7 Å². The second-order valence-corrected chi connectivity index (χ2v) is 4.58. The number of nitrogen functional groups attached to an aromatic ring is 1. The van der Waals surface area contributed by atoms with Crippen LogP contribution in [0.15, 0.2) is 48.8 Å². The van der Waals surface area contributed by atoms with E-state index in [-0.39, 0.29) is 11.4 Å². The summed E-state index contributed by atoms with van der Waals surface area (Å²) in [6, 6.07) is 10.0. The number of rotatable bonds is 3. The first kappa shape index (κ1) is 12.9. The Kier molecular flexibility index (Phi) is 2.91. The number of aromatic nitrogens is 2. The van der Waals surface area contributed by atoms with Crippen LogP contribution in [0.4, 0.5) is 0 Å². The number of nitrogens with two attached hydrogens (primary N) is 1. The number of hydrogen-bond acceptors (Lipinski definition) is 3. The van der Waals surface area contributed by atoms with Gasteiger partial charge in [0.15, 0.2) is 0 Å². The van der Waals surface area contributed by atoms with Crippen molar-refractivity contribution >= 4 is 17.5 Å². The monoisotopic (exact) mass is 280 g/mol. The zero-order valence-corrected chi connectivity index (χ0v) is 10.9. The number of carboxylic acids is 1. The summed E-state index contributed by atoms with van der Waals surface area (Å²) in [5.41, 5.74) is 8.43. The van der Waals surface area contributed by atoms with Crippen molar-refractivity contribution in [3.8, 4) is 11.3 Å². The minimum Gasteiger partial charge on any atom is -0.478 e. The number of nitrogens with zero attached hydrogens (tertiary/aromatic N) is 2. The number of nitrogens with one attached hydrogen (secondary N) is 1. The molecule has 6 nitrogen and oxygen atoms in total. The molecule has 0 radical (unpaired) electrons. The van der Waals surface area contributed by atoms with E-state index in [0.717, 1.165) is 5.56 Å². The van der Waals surface area contributed by atoms with Crippen LogP contribution in [0.3, 0.4) is 0 Å². The third-order valence-corrected chi connectivity index (χ3v) is 3.20. The van der Waals surface area contributed by atoms with Gasteiger partial charge in [0, 0.05) is 18.0 Å². The lowest BCUT2D eigenvalue weighted by Crippen LogP contribution is -2.12. The lowest BCUT2D eigenvalue weighted by Gasteiger charge is -1.99. The van der Waals surface area contributed by atoms with Gasteiger partial charge in [-0.1, -0.05) is 12.1 Å². The number of aromatic carboxylic acids is 1. The molecule has 2 heterocycles. The van der Waals surface area contributed by atoms with Gasteiger partial charge in [-0.3, -0.25) is 5.41 Å². The van der Waals surface area contributed by atoms with E-state index in [9.17, 15) is 4.79 Å². The zero-order valence-electron chi connectivity index (χ0n) is 10.9. The minimum absolute atomic E-state index is 0.0426. The van der Waals surface area contributed by atoms with Crippen molar-refractivity contribution in [1.82, 2.24) is 9.38 Å². The number of pyridine rings is 1. The largest absolute Gasteiger partial charge is 0.478 e. The van der Waals surface area contributed by atoms with Gasteiger partial charge in [-0.25, -0.2) is 9.78 Å². The van der Waals surface area contributed by atoms with E-state index in [0.29, 0.717) is 16.9 Å². The highest BCUT2D eigenvalue weighted by Crippen LogP contribution is 2.21. The van der Waals surface area contributed by atoms with Crippen molar-refractivity contribution in [1.29, 1.82) is 5.41 Å². The van der Waals surface area contributed by atoms with Gasteiger partial charge < -0.3 is 15.2 Å². The maximum absolute atomic E-state index is 10.9. The molecule has 21 heavy (non-hydrogen) atoms. The number of imidazole rings is 1. The summed E-state index contributed by atoms with van der Waals surface area (Å²) in [5, 5.41) is 16.5. The van der Waals surface area contributed by atoms with Crippen LogP contribution in [-0.4, -0.2) is 26.3 Å². The molecule has 0 saturated carbocycles. The number of benzene rings is 1. The maximum atomic E-state index is 10.9. The Bertz CT molecular complexity index is 850. The standard InChI is InChI=1S/C15H12N4O2/c16-13(17)11-2-1-7-19-8-12(18-14(11)19)9-3-5-10(6-4-9)15(20)21/h1-8H,(H3,16,17)(H,20,21). The molecular weight excluding hydrogens is 268 g/mol. The Hall–Kier alpha value is -3.15. The van der Waals surface area contributed by atoms with Crippen molar-refractivity contribution in [2.75, 3.05) is 0 Å². The van der Waals surface area contributed by atoms with Crippen LogP contribution in [0.5, 0.6) is 0 Å². The second kappa shape index (κ2) is 4.75. The molecule has 0 saturated heterocycles. The fourth-order valence-electron chi connectivity index (χ4n) is 2.15. The van der Waals surface area contributed by atoms with Gasteiger partial charge in [0.2, 0.25) is 0 Å². The predicted octanol–water partition coefficient (Wildman–Crippen LogP) is 1.98. The molecule has 0 aliphatic heterocycles. The van der Waals surface area contributed by atoms with Crippen molar-refractivity contribution in [3.05, 3.63) is 59.9 Å². The van der Waals surface area contributed by atoms with Crippen LogP contribution in [0.1, 0.15) is 15.9 Å². The number of fused-ring (bicyclic) bond motifs is 1. The van der Waals surface area contributed by atoms with E-state index in [2.05, 4.69) is 4.98 Å². The Morgan fingerprint density at radius 2 is 1.95 bits per heavy atom. The van der Waals surface area contributed by atoms with Crippen molar-refractivity contribution in [2.45, 2.75) is 0 Å². The van der Waals surface area contributed by atoms with Crippen molar-refractivity contribution < 1.29 is 9.90 Å². The fourth-order valence-corrected chi connectivity index (χ4v) is 2.15. The van der Waals surface area contributed by atoms with Crippen molar-refractivity contribution in [2.24, 2.45) is 5.73 Å². The normalized spacial score (nSPS) is 10.7. The highest BCUT2D eigenvalue weighted by molar-refractivity contribution is 6.00. The van der Waals surface area contributed by atoms with E-state index < -0.39 is 5.97 Å². The van der Waals surface area contributed by atoms with Gasteiger partial charge in [-0.05, 0) is 24.3 Å². The van der Waals surface area contributed by atoms with Crippen LogP contribution < -0.4 is 5.73 Å². The first-order chi connectivity index (χ1) is 10.1. The van der Waals surface area contributed by atoms with E-state index in [1.165, 1.54) is 12.1 Å². The number of carbonyl (C=O) groups is 1. The molecule has 3 rings (SSSR count). The summed E-state index contributed by atoms with van der Waals surface area (Å²) in [6.07, 6.45) is 3.64. The molecule has 0 bridgehead atoms. The van der Waals surface area contributed by atoms with Crippen molar-refractivity contribution in [3.63, 3.8) is 0 Å². The molecule has 2 aromatic heterocycles. The van der Waals surface area contributed by atoms with Gasteiger partial charge in [-0.15, -0.1) is 0 Å². The molecule has 6 heteroatoms. The van der Waals surface area contributed by atoms with E-state index in [1.807, 2.05) is 12.4 Å². The summed E-state index contributed by atoms with van der Waals surface area (Å²) in [5.74, 6) is -1.01. The average molecular weight is 280 g/mol. The quantitative estimate of drug-likeness (QED) is 0.504. The summed E-state index contributed by atoms with van der Waals surface area (Å²) in [4.78, 5) is 15.3. The molecule has 0 amide bonds. The first-order valence-electron chi connectivity index (χ1n) is 6.22. The Balaban J connectivity index is 2.11. The van der Waals surface area contributed by atoms with Crippen LogP contribution >= 0.6 is 0 Å². The third kappa shape index (κ3) is 2.23. The maximum Gasteiger partial charge on any atom is 0.335 e. The van der Waals surface area contributed by atoms with Gasteiger partial charge >= 0.3 is 5.97 Å². The van der Waals surface area contributed by atoms with Crippen LogP contribution in [0.2, 0.25) is 0 Å². The van der Waals surface area contributed by atoms with Crippen LogP contribution in [0, 0.1) is 5.41 Å². The number of carboxylic acid groups (broad SMARTS) is 1. The van der Waals surface area contributed by atoms with Gasteiger partial charge in [0.25, 0.3) is 0 Å². The molecule has 1 aromatic carbocycles. The molecule has 0 fully saturated rings. The van der Waals surface area contributed by atoms with Gasteiger partial charge in [-0.2, -0.15) is 0 Å². The Morgan fingerprint density at radius 3 is 2.57 bits per heavy atom. The molecule has 4 N–H and O–H groups in total. The molecule has 0 spiro atoms. The minimum atomic E-state index is -0.963. The van der Waals surface area contributed by atoms with E-state index >= 15 is 0 Å². The Labute approximate surface area is 120 Å². The number of hydrogen-bond donors (Lipinski definition) is 3. The molecule has 104 valence electrons. The number of amidine groups is 1. The van der Waals surface area contributed by atoms with E-state index in [4.69, 9.17) is 16.2 Å². The lowest BCUT2D eigenvalue weighted by atomic mass is 10.1. The third-order valence-electron chi connectivity index (χ3n) is 3.20. The summed E-state index contributed by atoms with van der Waals surface area (Å²) in [6.45, 7) is 0. The lowest BCUT2D eigenvalue weighted by molar-refractivity contribution is 0.0697. The molecule has 0 unspecified atom stereocenters. The molecular formula is C15H12N4O2. The Morgan fingerprint density at radius 1 is 1.24 bits per heavy atom. The summed E-state index contributed by atoms with van der Waals surface area (Å²) in [7, 11) is 0. The van der Waals surface area contributed by atoms with Crippen LogP contribution in [-0.2, 0) is 0 Å². The fraction of sp³-hybridized carbons (Fsp3) is 0. The highest BCUT2D eigenvalue weighted by atomic mass is 16.4. The summed E-state index contributed by atoms with van der Waals surface area (Å²) < 4.78 is 1.79. The molecule has 3 aromatic rings. The predicted molar refractivity (Wildman–Crippen MR) is 78.6 cm³/mol. The molecule has 0 atom stereocenters. The highest BCUT2D eigenvalue weighted by Gasteiger charge is 2.10. The zero-order chi connectivity index (χ0) is 15.0. The first-order valence-corrected chi connectivity index (χ1v) is 6.22. The second-order valence-electron chi connectivity index (χ2n) is 4.58. The molecule has 0 aliphatic carbocycles. The van der Waals surface area contributed by atoms with Crippen LogP contribution in [0.25, 0.3) is 16.9 Å². The smallest absolute Gasteiger partial charge is 0.335 e. The molecule has 0 aliphatic rings. The summed E-state index contributed by atoms with van der Waals surface area (Å²) >= 11 is 0. The topological polar surface area (TPSA) is 104 Å². The van der Waals surface area contributed by atoms with Gasteiger partial charge in [0.05, 0.1) is 16.8 Å². The van der Waals surface area contributed by atoms with Gasteiger partial charge in [0.1, 0.15) is 11.5 Å². The SMILES string of the molecule is N=C(N)c1cccn2cc(-c3ccc(C(=O)O)cc3)nc12. The average Bonchev–Trinajstić information content (AvgIpc) is 2.90.